The van der Waals surface area contributed by atoms with E-state index in [1.807, 2.05) is 74.5 Å². The Balaban J connectivity index is 1.50. The molecule has 0 aliphatic heterocycles. The molecule has 0 atom stereocenters. The van der Waals surface area contributed by atoms with Crippen LogP contribution >= 0.6 is 0 Å². The van der Waals surface area contributed by atoms with Gasteiger partial charge in [0.2, 0.25) is 0 Å². The molecule has 5 rings (SSSR count). The Hall–Kier alpha value is -3.93. The highest BCUT2D eigenvalue weighted by Crippen LogP contribution is 2.27. The number of para-hydroxylation sites is 2. The molecule has 0 spiro atoms. The van der Waals surface area contributed by atoms with Crippen LogP contribution in [0.15, 0.2) is 71.3 Å². The molecule has 0 fully saturated rings. The van der Waals surface area contributed by atoms with Gasteiger partial charge in [0.05, 0.1) is 23.3 Å². The Morgan fingerprint density at radius 1 is 1.00 bits per heavy atom. The van der Waals surface area contributed by atoms with Crippen molar-refractivity contribution in [1.82, 2.24) is 14.8 Å². The molecule has 1 N–H and O–H groups in total. The molecule has 0 bridgehead atoms. The number of hydrogen-bond acceptors (Lipinski definition) is 4. The minimum atomic E-state index is -0.298. The van der Waals surface area contributed by atoms with E-state index in [0.717, 1.165) is 33.4 Å². The van der Waals surface area contributed by atoms with E-state index < -0.39 is 0 Å². The van der Waals surface area contributed by atoms with Crippen molar-refractivity contribution in [3.8, 4) is 5.69 Å². The number of benzene rings is 2. The van der Waals surface area contributed by atoms with E-state index in [1.165, 1.54) is 0 Å². The highest BCUT2D eigenvalue weighted by molar-refractivity contribution is 6.07. The van der Waals surface area contributed by atoms with Crippen molar-refractivity contribution in [2.24, 2.45) is 0 Å². The van der Waals surface area contributed by atoms with E-state index in [0.29, 0.717) is 17.0 Å². The first kappa shape index (κ1) is 17.2. The molecule has 0 saturated carbocycles. The van der Waals surface area contributed by atoms with Crippen molar-refractivity contribution >= 4 is 33.6 Å². The highest BCUT2D eigenvalue weighted by atomic mass is 16.3. The number of nitrogens with zero attached hydrogens (tertiary/aromatic N) is 3. The number of aryl methyl sites for hydroxylation is 2. The van der Waals surface area contributed by atoms with Gasteiger partial charge in [-0.2, -0.15) is 5.10 Å². The molecule has 1 amide bonds. The second-order valence-electron chi connectivity index (χ2n) is 6.93. The number of nitrogens with one attached hydrogen (secondary N) is 1. The molecule has 29 heavy (non-hydrogen) atoms. The summed E-state index contributed by atoms with van der Waals surface area (Å²) in [4.78, 5) is 17.3. The summed E-state index contributed by atoms with van der Waals surface area (Å²) >= 11 is 0. The lowest BCUT2D eigenvalue weighted by Gasteiger charge is -2.05. The molecular formula is C23H18N4O2. The number of carbonyl (C=O) groups excluding carboxylic acids is 1. The number of anilines is 1. The van der Waals surface area contributed by atoms with E-state index in [4.69, 9.17) is 4.42 Å². The van der Waals surface area contributed by atoms with Crippen LogP contribution in [0.2, 0.25) is 0 Å². The summed E-state index contributed by atoms with van der Waals surface area (Å²) in [7, 11) is 0. The van der Waals surface area contributed by atoms with Crippen molar-refractivity contribution in [2.75, 3.05) is 5.32 Å². The number of rotatable bonds is 3. The molecule has 0 aliphatic carbocycles. The van der Waals surface area contributed by atoms with E-state index in [-0.39, 0.29) is 5.91 Å². The van der Waals surface area contributed by atoms with Gasteiger partial charge in [0.15, 0.2) is 11.4 Å². The Morgan fingerprint density at radius 3 is 2.55 bits per heavy atom. The molecule has 3 aromatic heterocycles. The molecule has 3 heterocycles. The SMILES string of the molecule is Cc1c(C(=O)Nc2cnc3c(c2)c(C)nn3-c2ccccc2)oc2ccccc12. The van der Waals surface area contributed by atoms with Gasteiger partial charge < -0.3 is 9.73 Å². The minimum Gasteiger partial charge on any atom is -0.451 e. The van der Waals surface area contributed by atoms with E-state index in [1.54, 1.807) is 10.9 Å². The molecule has 0 saturated heterocycles. The molecule has 0 radical (unpaired) electrons. The molecule has 6 nitrogen and oxygen atoms in total. The first-order valence-corrected chi connectivity index (χ1v) is 9.32. The molecule has 2 aromatic carbocycles. The summed E-state index contributed by atoms with van der Waals surface area (Å²) in [6.45, 7) is 3.81. The summed E-state index contributed by atoms with van der Waals surface area (Å²) < 4.78 is 7.56. The zero-order valence-corrected chi connectivity index (χ0v) is 16.0. The third kappa shape index (κ3) is 2.86. The normalized spacial score (nSPS) is 11.2. The fourth-order valence-corrected chi connectivity index (χ4v) is 3.54. The summed E-state index contributed by atoms with van der Waals surface area (Å²) in [6.07, 6.45) is 1.64. The van der Waals surface area contributed by atoms with Gasteiger partial charge in [-0.05, 0) is 38.1 Å². The van der Waals surface area contributed by atoms with E-state index in [9.17, 15) is 4.79 Å². The van der Waals surface area contributed by atoms with Crippen molar-refractivity contribution in [3.63, 3.8) is 0 Å². The van der Waals surface area contributed by atoms with Crippen LogP contribution in [0.1, 0.15) is 21.8 Å². The van der Waals surface area contributed by atoms with E-state index in [2.05, 4.69) is 15.4 Å². The standard InChI is InChI=1S/C23H18N4O2/c1-14-18-10-6-7-11-20(18)29-21(14)23(28)25-16-12-19-15(2)26-27(22(19)24-13-16)17-8-4-3-5-9-17/h3-13H,1-2H3,(H,25,28). The molecule has 5 aromatic rings. The number of aromatic nitrogens is 3. The number of furan rings is 1. The second kappa shape index (κ2) is 6.60. The summed E-state index contributed by atoms with van der Waals surface area (Å²) in [5.74, 6) is 0.0101. The fraction of sp³-hybridized carbons (Fsp3) is 0.0870. The van der Waals surface area contributed by atoms with Crippen molar-refractivity contribution in [1.29, 1.82) is 0 Å². The number of amides is 1. The first-order chi connectivity index (χ1) is 14.1. The predicted octanol–water partition coefficient (Wildman–Crippen LogP) is 5.04. The van der Waals surface area contributed by atoms with Crippen molar-refractivity contribution in [3.05, 3.63) is 83.9 Å². The van der Waals surface area contributed by atoms with Gasteiger partial charge >= 0.3 is 0 Å². The molecule has 0 aliphatic rings. The van der Waals surface area contributed by atoms with Gasteiger partial charge in [-0.1, -0.05) is 36.4 Å². The third-order valence-electron chi connectivity index (χ3n) is 5.02. The molecule has 0 unspecified atom stereocenters. The van der Waals surface area contributed by atoms with Crippen molar-refractivity contribution in [2.45, 2.75) is 13.8 Å². The average molecular weight is 382 g/mol. The predicted molar refractivity (Wildman–Crippen MR) is 113 cm³/mol. The largest absolute Gasteiger partial charge is 0.451 e. The Bertz CT molecular complexity index is 1370. The van der Waals surface area contributed by atoms with Crippen LogP contribution in [0.4, 0.5) is 5.69 Å². The number of pyridine rings is 1. The van der Waals surface area contributed by atoms with Gasteiger partial charge in [0.25, 0.3) is 5.91 Å². The number of hydrogen-bond donors (Lipinski definition) is 1. The van der Waals surface area contributed by atoms with Crippen LogP contribution in [0.5, 0.6) is 0 Å². The molecule has 142 valence electrons. The van der Waals surface area contributed by atoms with Crippen molar-refractivity contribution < 1.29 is 9.21 Å². The fourth-order valence-electron chi connectivity index (χ4n) is 3.54. The van der Waals surface area contributed by atoms with Gasteiger partial charge in [0, 0.05) is 16.3 Å². The maximum Gasteiger partial charge on any atom is 0.291 e. The zero-order valence-electron chi connectivity index (χ0n) is 16.0. The zero-order chi connectivity index (χ0) is 20.0. The van der Waals surface area contributed by atoms with Crippen LogP contribution in [0, 0.1) is 13.8 Å². The summed E-state index contributed by atoms with van der Waals surface area (Å²) in [6, 6.07) is 19.3. The topological polar surface area (TPSA) is 73.0 Å². The highest BCUT2D eigenvalue weighted by Gasteiger charge is 2.18. The lowest BCUT2D eigenvalue weighted by atomic mass is 10.1. The minimum absolute atomic E-state index is 0.298. The van der Waals surface area contributed by atoms with Crippen LogP contribution in [0.25, 0.3) is 27.7 Å². The first-order valence-electron chi connectivity index (χ1n) is 9.32. The van der Waals surface area contributed by atoms with Gasteiger partial charge in [0.1, 0.15) is 5.58 Å². The van der Waals surface area contributed by atoms with E-state index >= 15 is 0 Å². The summed E-state index contributed by atoms with van der Waals surface area (Å²) in [5.41, 5.74) is 4.63. The second-order valence-corrected chi connectivity index (χ2v) is 6.93. The Kier molecular flexibility index (Phi) is 3.91. The Morgan fingerprint density at radius 2 is 1.76 bits per heavy atom. The quantitative estimate of drug-likeness (QED) is 0.475. The van der Waals surface area contributed by atoms with Gasteiger partial charge in [-0.3, -0.25) is 4.79 Å². The van der Waals surface area contributed by atoms with Gasteiger partial charge in [-0.15, -0.1) is 0 Å². The maximum absolute atomic E-state index is 12.8. The lowest BCUT2D eigenvalue weighted by molar-refractivity contribution is 0.0998. The Labute approximate surface area is 166 Å². The van der Waals surface area contributed by atoms with Crippen LogP contribution in [-0.4, -0.2) is 20.7 Å². The lowest BCUT2D eigenvalue weighted by Crippen LogP contribution is -2.12. The monoisotopic (exact) mass is 382 g/mol. The van der Waals surface area contributed by atoms with Crippen LogP contribution in [0.3, 0.4) is 0 Å². The average Bonchev–Trinajstić information content (AvgIpc) is 3.26. The molecule has 6 heteroatoms. The summed E-state index contributed by atoms with van der Waals surface area (Å²) in [5, 5.41) is 9.32. The van der Waals surface area contributed by atoms with Crippen LogP contribution in [-0.2, 0) is 0 Å². The van der Waals surface area contributed by atoms with Gasteiger partial charge in [-0.25, -0.2) is 9.67 Å². The molecular weight excluding hydrogens is 364 g/mol. The van der Waals surface area contributed by atoms with Crippen LogP contribution < -0.4 is 5.32 Å². The number of carbonyl (C=O) groups is 1. The maximum atomic E-state index is 12.8. The smallest absolute Gasteiger partial charge is 0.291 e. The number of fused-ring (bicyclic) bond motifs is 2. The third-order valence-corrected chi connectivity index (χ3v) is 5.02.